The smallest absolute Gasteiger partial charge is 0.407 e. The largest absolute Gasteiger partial charge is 0.449 e. The molecule has 1 heterocycles. The van der Waals surface area contributed by atoms with Crippen LogP contribution in [0.5, 0.6) is 0 Å². The average Bonchev–Trinajstić information content (AvgIpc) is 2.94. The Hall–Kier alpha value is -1.59. The fourth-order valence-corrected chi connectivity index (χ4v) is 4.30. The number of likely N-dealkylation sites (tertiary alicyclic amines) is 1. The molecule has 0 radical (unpaired) electrons. The summed E-state index contributed by atoms with van der Waals surface area (Å²) in [5.74, 6) is 0.225. The first kappa shape index (κ1) is 21.7. The van der Waals surface area contributed by atoms with Crippen LogP contribution < -0.4 is 5.32 Å². The summed E-state index contributed by atoms with van der Waals surface area (Å²) in [5, 5.41) is 2.84. The fourth-order valence-electron chi connectivity index (χ4n) is 4.30. The van der Waals surface area contributed by atoms with Crippen molar-refractivity contribution in [3.8, 4) is 0 Å². The predicted octanol–water partition coefficient (Wildman–Crippen LogP) is 3.53. The molecule has 0 aromatic rings. The van der Waals surface area contributed by atoms with Crippen LogP contribution in [0.25, 0.3) is 0 Å². The molecule has 0 aromatic heterocycles. The molecule has 2 rings (SSSR count). The van der Waals surface area contributed by atoms with Gasteiger partial charge in [-0.15, -0.1) is 0 Å². The lowest BCUT2D eigenvalue weighted by molar-refractivity contribution is -0.140. The highest BCUT2D eigenvalue weighted by Gasteiger charge is 2.45. The molecule has 27 heavy (non-hydrogen) atoms. The van der Waals surface area contributed by atoms with Gasteiger partial charge in [-0.3, -0.25) is 9.59 Å². The molecule has 0 aromatic carbocycles. The first-order chi connectivity index (χ1) is 12.6. The van der Waals surface area contributed by atoms with Crippen molar-refractivity contribution < 1.29 is 19.1 Å². The van der Waals surface area contributed by atoms with Crippen LogP contribution in [0.3, 0.4) is 0 Å². The average molecular weight is 381 g/mol. The van der Waals surface area contributed by atoms with E-state index in [2.05, 4.69) is 19.2 Å². The zero-order valence-corrected chi connectivity index (χ0v) is 17.5. The Morgan fingerprint density at radius 2 is 1.78 bits per heavy atom. The van der Waals surface area contributed by atoms with Gasteiger partial charge in [0.05, 0.1) is 12.6 Å². The normalized spacial score (nSPS) is 23.9. The molecule has 6 nitrogen and oxygen atoms in total. The Morgan fingerprint density at radius 1 is 1.15 bits per heavy atom. The Bertz CT molecular complexity index is 552. The third-order valence-corrected chi connectivity index (χ3v) is 5.68. The van der Waals surface area contributed by atoms with Crippen molar-refractivity contribution >= 4 is 17.8 Å². The molecule has 0 unspecified atom stereocenters. The number of hydrogen-bond donors (Lipinski definition) is 1. The van der Waals surface area contributed by atoms with E-state index in [0.29, 0.717) is 19.6 Å². The van der Waals surface area contributed by atoms with Gasteiger partial charge >= 0.3 is 6.09 Å². The monoisotopic (exact) mass is 380 g/mol. The van der Waals surface area contributed by atoms with Crippen LogP contribution in [0, 0.1) is 17.3 Å². The van der Waals surface area contributed by atoms with Crippen molar-refractivity contribution in [3.05, 3.63) is 0 Å². The van der Waals surface area contributed by atoms with E-state index in [4.69, 9.17) is 4.74 Å². The highest BCUT2D eigenvalue weighted by molar-refractivity contribution is 5.92. The van der Waals surface area contributed by atoms with E-state index in [0.717, 1.165) is 25.7 Å². The van der Waals surface area contributed by atoms with Gasteiger partial charge < -0.3 is 15.0 Å². The van der Waals surface area contributed by atoms with E-state index >= 15 is 0 Å². The maximum absolute atomic E-state index is 13.4. The van der Waals surface area contributed by atoms with E-state index < -0.39 is 18.2 Å². The molecule has 1 saturated carbocycles. The van der Waals surface area contributed by atoms with Crippen molar-refractivity contribution in [3.63, 3.8) is 0 Å². The molecule has 6 heteroatoms. The number of hydrogen-bond acceptors (Lipinski definition) is 4. The van der Waals surface area contributed by atoms with Crippen LogP contribution in [0.2, 0.25) is 0 Å². The second kappa shape index (κ2) is 9.07. The summed E-state index contributed by atoms with van der Waals surface area (Å²) in [4.78, 5) is 39.6. The second-order valence-electron chi connectivity index (χ2n) is 9.47. The number of nitrogens with zero attached hydrogens (tertiary/aromatic N) is 1. The molecular formula is C21H36N2O4. The predicted molar refractivity (Wildman–Crippen MR) is 104 cm³/mol. The van der Waals surface area contributed by atoms with Crippen molar-refractivity contribution in [2.24, 2.45) is 17.3 Å². The number of ketones is 1. The zero-order chi connectivity index (χ0) is 20.2. The summed E-state index contributed by atoms with van der Waals surface area (Å²) in [5.41, 5.74) is -0.0960. The number of alkyl carbamates (subject to hydrolysis) is 1. The maximum Gasteiger partial charge on any atom is 0.407 e. The number of amides is 2. The summed E-state index contributed by atoms with van der Waals surface area (Å²) >= 11 is 0. The third kappa shape index (κ3) is 5.94. The molecule has 2 aliphatic rings. The van der Waals surface area contributed by atoms with Crippen molar-refractivity contribution in [1.82, 2.24) is 10.2 Å². The van der Waals surface area contributed by atoms with Crippen molar-refractivity contribution in [2.75, 3.05) is 13.2 Å². The van der Waals surface area contributed by atoms with Crippen molar-refractivity contribution in [2.45, 2.75) is 85.2 Å². The number of Topliss-reactive ketones (excluding diaryl/α,β-unsaturated/α-hetero) is 1. The second-order valence-corrected chi connectivity index (χ2v) is 9.47. The molecule has 1 aliphatic heterocycles. The Morgan fingerprint density at radius 3 is 2.33 bits per heavy atom. The molecule has 1 aliphatic carbocycles. The van der Waals surface area contributed by atoms with Crippen LogP contribution in [0.1, 0.15) is 73.1 Å². The minimum absolute atomic E-state index is 0.0127. The lowest BCUT2D eigenvalue weighted by atomic mass is 9.83. The summed E-state index contributed by atoms with van der Waals surface area (Å²) < 4.78 is 5.27. The quantitative estimate of drug-likeness (QED) is 0.765. The number of carbonyl (C=O) groups excluding carboxylic acids is 3. The van der Waals surface area contributed by atoms with Gasteiger partial charge in [-0.25, -0.2) is 4.79 Å². The summed E-state index contributed by atoms with van der Waals surface area (Å²) in [6.45, 7) is 10.5. The number of carbonyl (C=O) groups is 3. The zero-order valence-electron chi connectivity index (χ0n) is 17.5. The lowest BCUT2D eigenvalue weighted by Gasteiger charge is -2.34. The van der Waals surface area contributed by atoms with Crippen LogP contribution >= 0.6 is 0 Å². The van der Waals surface area contributed by atoms with Gasteiger partial charge in [0, 0.05) is 6.54 Å². The van der Waals surface area contributed by atoms with Gasteiger partial charge in [-0.2, -0.15) is 0 Å². The van der Waals surface area contributed by atoms with Crippen LogP contribution in [-0.4, -0.2) is 47.9 Å². The Balaban J connectivity index is 2.16. The van der Waals surface area contributed by atoms with Gasteiger partial charge in [0.2, 0.25) is 5.91 Å². The van der Waals surface area contributed by atoms with Gasteiger partial charge in [0.1, 0.15) is 6.04 Å². The summed E-state index contributed by atoms with van der Waals surface area (Å²) in [6, 6.07) is -1.01. The number of ether oxygens (including phenoxy) is 1. The topological polar surface area (TPSA) is 75.7 Å². The third-order valence-electron chi connectivity index (χ3n) is 5.68. The molecular weight excluding hydrogens is 344 g/mol. The Kier molecular flexibility index (Phi) is 7.29. The lowest BCUT2D eigenvalue weighted by Crippen LogP contribution is -2.55. The standard InChI is InChI=1S/C21H36N2O4/c1-14(2)12-27-20(26)22-18(16-9-7-6-8-10-16)19(25)23-13-21(4,5)11-17(23)15(3)24/h14,16-18H,6-13H2,1-5H3,(H,22,26)/t17-,18-/m0/s1. The van der Waals surface area contributed by atoms with Crippen LogP contribution in [-0.2, 0) is 14.3 Å². The first-order valence-corrected chi connectivity index (χ1v) is 10.3. The van der Waals surface area contributed by atoms with Gasteiger partial charge in [0.15, 0.2) is 5.78 Å². The maximum atomic E-state index is 13.4. The minimum Gasteiger partial charge on any atom is -0.449 e. The van der Waals surface area contributed by atoms with E-state index in [9.17, 15) is 14.4 Å². The van der Waals surface area contributed by atoms with Crippen LogP contribution in [0.15, 0.2) is 0 Å². The number of rotatable bonds is 6. The molecule has 1 saturated heterocycles. The van der Waals surface area contributed by atoms with E-state index in [1.54, 1.807) is 11.8 Å². The molecule has 0 bridgehead atoms. The van der Waals surface area contributed by atoms with Gasteiger partial charge in [0.25, 0.3) is 0 Å². The van der Waals surface area contributed by atoms with E-state index in [1.807, 2.05) is 13.8 Å². The highest BCUT2D eigenvalue weighted by Crippen LogP contribution is 2.36. The molecule has 2 amide bonds. The van der Waals surface area contributed by atoms with Crippen molar-refractivity contribution in [1.29, 1.82) is 0 Å². The van der Waals surface area contributed by atoms with E-state index in [-0.39, 0.29) is 28.9 Å². The summed E-state index contributed by atoms with van der Waals surface area (Å²) in [6.07, 6.45) is 5.28. The molecule has 0 spiro atoms. The Labute approximate surface area is 163 Å². The van der Waals surface area contributed by atoms with E-state index in [1.165, 1.54) is 6.42 Å². The summed E-state index contributed by atoms with van der Waals surface area (Å²) in [7, 11) is 0. The molecule has 1 N–H and O–H groups in total. The molecule has 2 fully saturated rings. The minimum atomic E-state index is -0.610. The van der Waals surface area contributed by atoms with Crippen LogP contribution in [0.4, 0.5) is 4.79 Å². The fraction of sp³-hybridized carbons (Fsp3) is 0.857. The molecule has 2 atom stereocenters. The SMILES string of the molecule is CC(=O)[C@@H]1CC(C)(C)CN1C(=O)[C@@H](NC(=O)OCC(C)C)C1CCCCC1. The van der Waals surface area contributed by atoms with Gasteiger partial charge in [-0.1, -0.05) is 47.0 Å². The van der Waals surface area contributed by atoms with Gasteiger partial charge in [-0.05, 0) is 43.4 Å². The first-order valence-electron chi connectivity index (χ1n) is 10.3. The number of nitrogens with one attached hydrogen (secondary N) is 1. The highest BCUT2D eigenvalue weighted by atomic mass is 16.5. The molecule has 154 valence electrons.